The van der Waals surface area contributed by atoms with Crippen LogP contribution in [0.3, 0.4) is 0 Å². The van der Waals surface area contributed by atoms with Crippen LogP contribution in [0.2, 0.25) is 0 Å². The van der Waals surface area contributed by atoms with E-state index in [1.165, 1.54) is 49.7 Å². The second kappa shape index (κ2) is 7.24. The normalized spacial score (nSPS) is 19.0. The molecule has 0 saturated heterocycles. The van der Waals surface area contributed by atoms with Crippen LogP contribution in [0.5, 0.6) is 0 Å². The molecule has 2 nitrogen and oxygen atoms in total. The maximum Gasteiger partial charge on any atom is 0.0499 e. The molecule has 112 valence electrons. The third-order valence-corrected chi connectivity index (χ3v) is 4.68. The van der Waals surface area contributed by atoms with E-state index in [2.05, 4.69) is 43.1 Å². The topological polar surface area (TPSA) is 23.5 Å². The van der Waals surface area contributed by atoms with Gasteiger partial charge in [0.1, 0.15) is 0 Å². The molecule has 0 aromatic heterocycles. The minimum Gasteiger partial charge on any atom is -0.396 e. The highest BCUT2D eigenvalue weighted by Gasteiger charge is 2.31. The van der Waals surface area contributed by atoms with Gasteiger partial charge in [0.25, 0.3) is 0 Å². The maximum atomic E-state index is 9.89. The summed E-state index contributed by atoms with van der Waals surface area (Å²) in [5.74, 6) is 0. The zero-order valence-electron chi connectivity index (χ0n) is 13.1. The molecule has 0 heterocycles. The second-order valence-electron chi connectivity index (χ2n) is 6.73. The summed E-state index contributed by atoms with van der Waals surface area (Å²) in [6.45, 7) is 4.45. The number of hydrogen-bond acceptors (Lipinski definition) is 2. The van der Waals surface area contributed by atoms with Crippen LogP contribution >= 0.6 is 0 Å². The van der Waals surface area contributed by atoms with E-state index in [-0.39, 0.29) is 5.41 Å². The summed E-state index contributed by atoms with van der Waals surface area (Å²) in [5.41, 5.74) is 2.81. The van der Waals surface area contributed by atoms with Crippen molar-refractivity contribution in [2.45, 2.75) is 52.0 Å². The van der Waals surface area contributed by atoms with Gasteiger partial charge in [-0.1, -0.05) is 55.5 Å². The summed E-state index contributed by atoms with van der Waals surface area (Å²) in [5, 5.41) is 9.89. The lowest BCUT2D eigenvalue weighted by Gasteiger charge is -2.35. The minimum atomic E-state index is 0.135. The molecule has 20 heavy (non-hydrogen) atoms. The van der Waals surface area contributed by atoms with Gasteiger partial charge >= 0.3 is 0 Å². The van der Waals surface area contributed by atoms with Crippen molar-refractivity contribution in [2.24, 2.45) is 5.41 Å². The summed E-state index contributed by atoms with van der Waals surface area (Å²) in [4.78, 5) is 2.38. The van der Waals surface area contributed by atoms with Gasteiger partial charge in [-0.25, -0.2) is 0 Å². The van der Waals surface area contributed by atoms with Gasteiger partial charge in [-0.3, -0.25) is 0 Å². The highest BCUT2D eigenvalue weighted by atomic mass is 16.3. The monoisotopic (exact) mass is 275 g/mol. The predicted octanol–water partition coefficient (Wildman–Crippen LogP) is 3.76. The van der Waals surface area contributed by atoms with Gasteiger partial charge in [0.2, 0.25) is 0 Å². The standard InChI is InChI=1S/C18H29NO/c1-16-7-9-17(10-8-16)13-19(2)14-18(15-20)11-5-3-4-6-12-18/h7-10,20H,3-6,11-15H2,1-2H3. The number of rotatable bonds is 5. The quantitative estimate of drug-likeness (QED) is 0.827. The molecule has 0 aliphatic heterocycles. The average molecular weight is 275 g/mol. The van der Waals surface area contributed by atoms with Gasteiger partial charge in [-0.15, -0.1) is 0 Å². The SMILES string of the molecule is Cc1ccc(CN(C)CC2(CO)CCCCCC2)cc1. The van der Waals surface area contributed by atoms with E-state index >= 15 is 0 Å². The summed E-state index contributed by atoms with van der Waals surface area (Å²) >= 11 is 0. The Hall–Kier alpha value is -0.860. The predicted molar refractivity (Wildman–Crippen MR) is 84.7 cm³/mol. The molecule has 0 atom stereocenters. The van der Waals surface area contributed by atoms with Gasteiger partial charge in [-0.2, -0.15) is 0 Å². The maximum absolute atomic E-state index is 9.89. The summed E-state index contributed by atoms with van der Waals surface area (Å²) in [7, 11) is 2.18. The van der Waals surface area contributed by atoms with E-state index in [4.69, 9.17) is 0 Å². The van der Waals surface area contributed by atoms with Gasteiger partial charge in [-0.05, 0) is 32.4 Å². The third-order valence-electron chi connectivity index (χ3n) is 4.68. The van der Waals surface area contributed by atoms with Crippen molar-refractivity contribution < 1.29 is 5.11 Å². The van der Waals surface area contributed by atoms with Crippen molar-refractivity contribution >= 4 is 0 Å². The van der Waals surface area contributed by atoms with Gasteiger partial charge in [0.15, 0.2) is 0 Å². The van der Waals surface area contributed by atoms with Crippen LogP contribution in [0.25, 0.3) is 0 Å². The molecule has 1 aliphatic rings. The van der Waals surface area contributed by atoms with Crippen LogP contribution in [0.4, 0.5) is 0 Å². The van der Waals surface area contributed by atoms with Crippen molar-refractivity contribution in [3.63, 3.8) is 0 Å². The molecular weight excluding hydrogens is 246 g/mol. The number of hydrogen-bond donors (Lipinski definition) is 1. The molecule has 1 aromatic carbocycles. The highest BCUT2D eigenvalue weighted by Crippen LogP contribution is 2.35. The van der Waals surface area contributed by atoms with E-state index in [0.717, 1.165) is 13.1 Å². The first-order valence-electron chi connectivity index (χ1n) is 7.99. The van der Waals surface area contributed by atoms with Gasteiger partial charge < -0.3 is 10.0 Å². The molecule has 0 bridgehead atoms. The molecule has 1 aliphatic carbocycles. The summed E-state index contributed by atoms with van der Waals surface area (Å²) in [6.07, 6.45) is 7.59. The third kappa shape index (κ3) is 4.32. The van der Waals surface area contributed by atoms with Crippen LogP contribution in [0.15, 0.2) is 24.3 Å². The Bertz CT molecular complexity index is 390. The second-order valence-corrected chi connectivity index (χ2v) is 6.73. The summed E-state index contributed by atoms with van der Waals surface area (Å²) in [6, 6.07) is 8.78. The number of nitrogens with zero attached hydrogens (tertiary/aromatic N) is 1. The lowest BCUT2D eigenvalue weighted by atomic mass is 9.80. The Balaban J connectivity index is 1.94. The first-order chi connectivity index (χ1) is 9.63. The first-order valence-corrected chi connectivity index (χ1v) is 7.99. The zero-order valence-corrected chi connectivity index (χ0v) is 13.1. The Morgan fingerprint density at radius 2 is 1.65 bits per heavy atom. The van der Waals surface area contributed by atoms with Crippen LogP contribution in [0.1, 0.15) is 49.7 Å². The Labute approximate surface area is 123 Å². The molecule has 2 rings (SSSR count). The molecule has 2 heteroatoms. The van der Waals surface area contributed by atoms with Crippen molar-refractivity contribution in [3.8, 4) is 0 Å². The molecule has 1 aromatic rings. The van der Waals surface area contributed by atoms with Crippen LogP contribution in [-0.4, -0.2) is 30.2 Å². The average Bonchev–Trinajstić information content (AvgIpc) is 2.67. The molecule has 0 unspecified atom stereocenters. The fourth-order valence-corrected chi connectivity index (χ4v) is 3.48. The minimum absolute atomic E-state index is 0.135. The fraction of sp³-hybridized carbons (Fsp3) is 0.667. The summed E-state index contributed by atoms with van der Waals surface area (Å²) < 4.78 is 0. The number of benzene rings is 1. The smallest absolute Gasteiger partial charge is 0.0499 e. The molecule has 0 radical (unpaired) electrons. The number of aliphatic hydroxyl groups excluding tert-OH is 1. The highest BCUT2D eigenvalue weighted by molar-refractivity contribution is 5.21. The molecule has 1 saturated carbocycles. The Morgan fingerprint density at radius 1 is 1.05 bits per heavy atom. The lowest BCUT2D eigenvalue weighted by molar-refractivity contribution is 0.0663. The largest absolute Gasteiger partial charge is 0.396 e. The number of aliphatic hydroxyl groups is 1. The fourth-order valence-electron chi connectivity index (χ4n) is 3.48. The molecular formula is C18H29NO. The van der Waals surface area contributed by atoms with Crippen molar-refractivity contribution in [2.75, 3.05) is 20.2 Å². The van der Waals surface area contributed by atoms with Crippen molar-refractivity contribution in [3.05, 3.63) is 35.4 Å². The number of aryl methyl sites for hydroxylation is 1. The molecule has 0 amide bonds. The van der Waals surface area contributed by atoms with Crippen LogP contribution in [-0.2, 0) is 6.54 Å². The van der Waals surface area contributed by atoms with Gasteiger partial charge in [0.05, 0.1) is 0 Å². The van der Waals surface area contributed by atoms with Crippen molar-refractivity contribution in [1.82, 2.24) is 4.90 Å². The molecule has 1 N–H and O–H groups in total. The van der Waals surface area contributed by atoms with Crippen LogP contribution in [0, 0.1) is 12.3 Å². The molecule has 1 fully saturated rings. The van der Waals surface area contributed by atoms with Gasteiger partial charge in [0, 0.05) is 25.1 Å². The van der Waals surface area contributed by atoms with E-state index < -0.39 is 0 Å². The lowest BCUT2D eigenvalue weighted by Crippen LogP contribution is -2.38. The first kappa shape index (κ1) is 15.5. The Kier molecular flexibility index (Phi) is 5.62. The zero-order chi connectivity index (χ0) is 14.4. The Morgan fingerprint density at radius 3 is 2.20 bits per heavy atom. The van der Waals surface area contributed by atoms with E-state index in [1.54, 1.807) is 0 Å². The van der Waals surface area contributed by atoms with Crippen molar-refractivity contribution in [1.29, 1.82) is 0 Å². The van der Waals surface area contributed by atoms with E-state index in [1.807, 2.05) is 0 Å². The van der Waals surface area contributed by atoms with E-state index in [0.29, 0.717) is 6.61 Å². The van der Waals surface area contributed by atoms with Crippen LogP contribution < -0.4 is 0 Å². The van der Waals surface area contributed by atoms with E-state index in [9.17, 15) is 5.11 Å². The molecule has 0 spiro atoms.